The molecule has 1 aromatic heterocycles. The van der Waals surface area contributed by atoms with Crippen molar-refractivity contribution in [2.75, 3.05) is 26.2 Å². The summed E-state index contributed by atoms with van der Waals surface area (Å²) in [4.78, 5) is 17.2. The monoisotopic (exact) mass is 332 g/mol. The topological polar surface area (TPSA) is 66.3 Å². The van der Waals surface area contributed by atoms with E-state index in [1.807, 2.05) is 16.5 Å². The van der Waals surface area contributed by atoms with Crippen LogP contribution >= 0.6 is 0 Å². The zero-order valence-corrected chi connectivity index (χ0v) is 14.5. The van der Waals surface area contributed by atoms with E-state index in [2.05, 4.69) is 20.4 Å². The number of hydrogen-bond acceptors (Lipinski definition) is 4. The lowest BCUT2D eigenvalue weighted by atomic mass is 9.97. The van der Waals surface area contributed by atoms with Crippen molar-refractivity contribution >= 4 is 6.03 Å². The lowest BCUT2D eigenvalue weighted by Crippen LogP contribution is -2.51. The van der Waals surface area contributed by atoms with Crippen LogP contribution in [0.5, 0.6) is 0 Å². The molecule has 2 aliphatic heterocycles. The molecule has 7 heteroatoms. The van der Waals surface area contributed by atoms with Gasteiger partial charge in [0.25, 0.3) is 0 Å². The maximum atomic E-state index is 12.7. The van der Waals surface area contributed by atoms with E-state index < -0.39 is 0 Å². The van der Waals surface area contributed by atoms with Crippen LogP contribution in [0.25, 0.3) is 0 Å². The highest BCUT2D eigenvalue weighted by molar-refractivity contribution is 5.74. The Morgan fingerprint density at radius 2 is 1.96 bits per heavy atom. The second-order valence-electron chi connectivity index (χ2n) is 7.58. The van der Waals surface area contributed by atoms with Gasteiger partial charge in [0.05, 0.1) is 0 Å². The van der Waals surface area contributed by atoms with E-state index in [0.717, 1.165) is 63.7 Å². The van der Waals surface area contributed by atoms with Crippen LogP contribution in [0, 0.1) is 0 Å². The van der Waals surface area contributed by atoms with Gasteiger partial charge in [0.1, 0.15) is 12.2 Å². The molecule has 3 aliphatic rings. The summed E-state index contributed by atoms with van der Waals surface area (Å²) in [6, 6.07) is 1.28. The van der Waals surface area contributed by atoms with Crippen molar-refractivity contribution in [2.24, 2.45) is 7.05 Å². The van der Waals surface area contributed by atoms with Gasteiger partial charge in [0, 0.05) is 51.2 Å². The molecule has 1 aromatic rings. The van der Waals surface area contributed by atoms with Gasteiger partial charge in [-0.2, -0.15) is 0 Å². The highest BCUT2D eigenvalue weighted by Crippen LogP contribution is 2.29. The number of piperidine rings is 2. The van der Waals surface area contributed by atoms with Crippen molar-refractivity contribution in [1.29, 1.82) is 0 Å². The minimum Gasteiger partial charge on any atom is -0.335 e. The number of amides is 2. The number of hydrogen-bond donors (Lipinski definition) is 1. The quantitative estimate of drug-likeness (QED) is 0.907. The smallest absolute Gasteiger partial charge is 0.317 e. The number of nitrogens with one attached hydrogen (secondary N) is 1. The van der Waals surface area contributed by atoms with E-state index in [9.17, 15) is 4.79 Å². The van der Waals surface area contributed by atoms with Crippen molar-refractivity contribution < 1.29 is 4.79 Å². The molecule has 0 bridgehead atoms. The van der Waals surface area contributed by atoms with Gasteiger partial charge < -0.3 is 19.7 Å². The standard InChI is InChI=1S/C17H28N6O/c1-21-12-18-20-16(21)13-3-2-8-23(11-13)17(24)19-14-6-9-22(10-7-14)15-4-5-15/h12-15H,2-11H2,1H3,(H,19,24). The van der Waals surface area contributed by atoms with Crippen LogP contribution in [0.1, 0.15) is 50.3 Å². The highest BCUT2D eigenvalue weighted by atomic mass is 16.2. The van der Waals surface area contributed by atoms with Gasteiger partial charge in [-0.1, -0.05) is 0 Å². The fourth-order valence-electron chi connectivity index (χ4n) is 4.15. The summed E-state index contributed by atoms with van der Waals surface area (Å²) in [6.45, 7) is 3.87. The molecule has 3 heterocycles. The van der Waals surface area contributed by atoms with E-state index in [-0.39, 0.29) is 6.03 Å². The second kappa shape index (κ2) is 6.70. The first-order valence-electron chi connectivity index (χ1n) is 9.34. The third-order valence-corrected chi connectivity index (χ3v) is 5.74. The predicted octanol–water partition coefficient (Wildman–Crippen LogP) is 1.33. The summed E-state index contributed by atoms with van der Waals surface area (Å²) >= 11 is 0. The maximum Gasteiger partial charge on any atom is 0.317 e. The number of rotatable bonds is 3. The van der Waals surface area contributed by atoms with Crippen molar-refractivity contribution in [3.8, 4) is 0 Å². The van der Waals surface area contributed by atoms with Crippen molar-refractivity contribution in [3.63, 3.8) is 0 Å². The van der Waals surface area contributed by atoms with Gasteiger partial charge in [-0.05, 0) is 38.5 Å². The summed E-state index contributed by atoms with van der Waals surface area (Å²) in [5.41, 5.74) is 0. The summed E-state index contributed by atoms with van der Waals surface area (Å²) in [7, 11) is 1.97. The number of likely N-dealkylation sites (tertiary alicyclic amines) is 2. The molecule has 3 fully saturated rings. The van der Waals surface area contributed by atoms with Gasteiger partial charge in [0.15, 0.2) is 0 Å². The lowest BCUT2D eigenvalue weighted by Gasteiger charge is -2.36. The summed E-state index contributed by atoms with van der Waals surface area (Å²) in [6.07, 6.45) is 8.76. The molecular formula is C17H28N6O. The molecule has 2 saturated heterocycles. The number of carbonyl (C=O) groups excluding carboxylic acids is 1. The SMILES string of the molecule is Cn1cnnc1C1CCCN(C(=O)NC2CCN(C3CC3)CC2)C1. The molecule has 24 heavy (non-hydrogen) atoms. The molecule has 7 nitrogen and oxygen atoms in total. The Morgan fingerprint density at radius 1 is 1.17 bits per heavy atom. The number of aromatic nitrogens is 3. The van der Waals surface area contributed by atoms with E-state index in [0.29, 0.717) is 12.0 Å². The molecule has 2 amide bonds. The Balaban J connectivity index is 1.29. The van der Waals surface area contributed by atoms with Crippen LogP contribution in [-0.2, 0) is 7.05 Å². The average Bonchev–Trinajstić information content (AvgIpc) is 3.37. The first kappa shape index (κ1) is 15.9. The van der Waals surface area contributed by atoms with Crippen LogP contribution in [0.15, 0.2) is 6.33 Å². The van der Waals surface area contributed by atoms with Crippen LogP contribution in [0.3, 0.4) is 0 Å². The minimum atomic E-state index is 0.103. The molecule has 0 spiro atoms. The molecule has 1 unspecified atom stereocenters. The van der Waals surface area contributed by atoms with E-state index in [4.69, 9.17) is 0 Å². The predicted molar refractivity (Wildman–Crippen MR) is 90.7 cm³/mol. The Kier molecular flexibility index (Phi) is 4.43. The number of aryl methyl sites for hydroxylation is 1. The average molecular weight is 332 g/mol. The summed E-state index contributed by atoms with van der Waals surface area (Å²) in [5.74, 6) is 1.29. The van der Waals surface area contributed by atoms with E-state index in [1.54, 1.807) is 6.33 Å². The third-order valence-electron chi connectivity index (χ3n) is 5.74. The van der Waals surface area contributed by atoms with Gasteiger partial charge in [0.2, 0.25) is 0 Å². The normalized spacial score (nSPS) is 26.5. The molecule has 1 saturated carbocycles. The van der Waals surface area contributed by atoms with Gasteiger partial charge >= 0.3 is 6.03 Å². The van der Waals surface area contributed by atoms with Gasteiger partial charge in [-0.25, -0.2) is 4.79 Å². The number of carbonyl (C=O) groups is 1. The summed E-state index contributed by atoms with van der Waals surface area (Å²) < 4.78 is 1.97. The molecule has 0 radical (unpaired) electrons. The molecular weight excluding hydrogens is 304 g/mol. The van der Waals surface area contributed by atoms with Crippen LogP contribution in [0.2, 0.25) is 0 Å². The fourth-order valence-corrected chi connectivity index (χ4v) is 4.15. The van der Waals surface area contributed by atoms with Gasteiger partial charge in [-0.3, -0.25) is 0 Å². The Hall–Kier alpha value is -1.63. The molecule has 0 aromatic carbocycles. The zero-order valence-electron chi connectivity index (χ0n) is 14.5. The Morgan fingerprint density at radius 3 is 2.62 bits per heavy atom. The summed E-state index contributed by atoms with van der Waals surface area (Å²) in [5, 5.41) is 11.5. The van der Waals surface area contributed by atoms with Crippen molar-refractivity contribution in [2.45, 2.75) is 56.5 Å². The molecule has 1 aliphatic carbocycles. The Bertz CT molecular complexity index is 575. The molecule has 4 rings (SSSR count). The van der Waals surface area contributed by atoms with Crippen molar-refractivity contribution in [1.82, 2.24) is 29.9 Å². The number of nitrogens with zero attached hydrogens (tertiary/aromatic N) is 5. The molecule has 1 atom stereocenters. The Labute approximate surface area is 143 Å². The first-order valence-corrected chi connectivity index (χ1v) is 9.34. The van der Waals surface area contributed by atoms with Gasteiger partial charge in [-0.15, -0.1) is 10.2 Å². The first-order chi connectivity index (χ1) is 11.7. The highest BCUT2D eigenvalue weighted by Gasteiger charge is 2.33. The lowest BCUT2D eigenvalue weighted by molar-refractivity contribution is 0.157. The molecule has 1 N–H and O–H groups in total. The van der Waals surface area contributed by atoms with E-state index in [1.165, 1.54) is 12.8 Å². The van der Waals surface area contributed by atoms with Crippen LogP contribution in [-0.4, -0.2) is 68.9 Å². The zero-order chi connectivity index (χ0) is 16.5. The fraction of sp³-hybridized carbons (Fsp3) is 0.824. The second-order valence-corrected chi connectivity index (χ2v) is 7.58. The maximum absolute atomic E-state index is 12.7. The number of urea groups is 1. The van der Waals surface area contributed by atoms with Crippen molar-refractivity contribution in [3.05, 3.63) is 12.2 Å². The van der Waals surface area contributed by atoms with Crippen LogP contribution in [0.4, 0.5) is 4.79 Å². The minimum absolute atomic E-state index is 0.103. The van der Waals surface area contributed by atoms with E-state index >= 15 is 0 Å². The largest absolute Gasteiger partial charge is 0.335 e. The van der Waals surface area contributed by atoms with Crippen LogP contribution < -0.4 is 5.32 Å². The molecule has 132 valence electrons. The third kappa shape index (κ3) is 3.41.